The number of unbranched alkanes of at least 4 members (excludes halogenated alkanes) is 6. The third kappa shape index (κ3) is 17.4. The van der Waals surface area contributed by atoms with Gasteiger partial charge in [0.15, 0.2) is 11.9 Å². The first kappa shape index (κ1) is 49.3. The van der Waals surface area contributed by atoms with Gasteiger partial charge in [0.1, 0.15) is 6.61 Å². The lowest BCUT2D eigenvalue weighted by Crippen LogP contribution is -2.38. The monoisotopic (exact) mass is 909 g/mol. The van der Waals surface area contributed by atoms with Gasteiger partial charge in [-0.1, -0.05) is 31.6 Å². The van der Waals surface area contributed by atoms with Crippen molar-refractivity contribution in [1.82, 2.24) is 26.6 Å². The van der Waals surface area contributed by atoms with Crippen LogP contribution in [0, 0.1) is 12.3 Å². The van der Waals surface area contributed by atoms with Crippen molar-refractivity contribution in [3.05, 3.63) is 23.8 Å². The van der Waals surface area contributed by atoms with Crippen LogP contribution in [0.1, 0.15) is 113 Å². The molecule has 0 radical (unpaired) electrons. The summed E-state index contributed by atoms with van der Waals surface area (Å²) in [5, 5.41) is 21.8. The molecule has 346 valence electrons. The summed E-state index contributed by atoms with van der Waals surface area (Å²) in [4.78, 5) is 72.7. The lowest BCUT2D eigenvalue weighted by Gasteiger charge is -2.14. The largest absolute Gasteiger partial charge is 0.370 e. The maximum absolute atomic E-state index is 13.0. The summed E-state index contributed by atoms with van der Waals surface area (Å²) in [5.41, 5.74) is 12.7. The second-order valence-electron chi connectivity index (χ2n) is 16.5. The van der Waals surface area contributed by atoms with Gasteiger partial charge in [-0.25, -0.2) is 9.98 Å². The number of fused-ring (bicyclic) bond motifs is 2. The Kier molecular flexibility index (Phi) is 21.0. The second kappa shape index (κ2) is 26.8. The number of nitrogens with zero attached hydrogens (tertiary/aromatic N) is 2. The van der Waals surface area contributed by atoms with Gasteiger partial charge in [0.05, 0.1) is 30.8 Å². The smallest absolute Gasteiger partial charge is 0.251 e. The Balaban J connectivity index is 0.936. The van der Waals surface area contributed by atoms with Crippen LogP contribution in [0.15, 0.2) is 28.2 Å². The van der Waals surface area contributed by atoms with Crippen molar-refractivity contribution in [2.24, 2.45) is 21.5 Å². The summed E-state index contributed by atoms with van der Waals surface area (Å²) in [5.74, 6) is 4.74. The number of anilines is 2. The molecule has 4 heterocycles. The molecule has 2 fully saturated rings. The summed E-state index contributed by atoms with van der Waals surface area (Å²) in [6, 6.07) is 5.93. The van der Waals surface area contributed by atoms with Crippen molar-refractivity contribution in [2.75, 3.05) is 55.0 Å². The Morgan fingerprint density at radius 1 is 0.651 bits per heavy atom. The number of carbonyl (C=O) groups is 5. The van der Waals surface area contributed by atoms with Gasteiger partial charge in [0.25, 0.3) is 5.91 Å². The first-order chi connectivity index (χ1) is 30.6. The third-order valence-electron chi connectivity index (χ3n) is 11.4. The fourth-order valence-corrected chi connectivity index (χ4v) is 11.2. The van der Waals surface area contributed by atoms with E-state index >= 15 is 0 Å². The summed E-state index contributed by atoms with van der Waals surface area (Å²) >= 11 is 3.86. The third-order valence-corrected chi connectivity index (χ3v) is 14.4. The first-order valence-electron chi connectivity index (χ1n) is 22.6. The number of nitrogens with one attached hydrogen (secondary N) is 7. The van der Waals surface area contributed by atoms with Crippen molar-refractivity contribution in [1.29, 1.82) is 0 Å². The minimum Gasteiger partial charge on any atom is -0.370 e. The van der Waals surface area contributed by atoms with Gasteiger partial charge in [-0.2, -0.15) is 23.5 Å². The summed E-state index contributed by atoms with van der Waals surface area (Å²) in [6.45, 7) is 1.71. The number of hydrogen-bond donors (Lipinski definition) is 9. The normalized spacial score (nSPS) is 21.8. The number of hydrogen-bond acceptors (Lipinski definition) is 14. The van der Waals surface area contributed by atoms with E-state index in [1.54, 1.807) is 18.2 Å². The van der Waals surface area contributed by atoms with Crippen LogP contribution in [0.2, 0.25) is 0 Å². The molecule has 5 amide bonds. The molecule has 0 aromatic heterocycles. The van der Waals surface area contributed by atoms with E-state index in [2.05, 4.69) is 53.1 Å². The van der Waals surface area contributed by atoms with Crippen molar-refractivity contribution in [2.45, 2.75) is 137 Å². The molecule has 0 aliphatic carbocycles. The molecule has 17 nitrogen and oxygen atoms in total. The standard InChI is InChI=1S/C44H67N11O6S2/c1-2-22-61-23-21-49-42(60)29-24-30(50-38(58)17-5-3-11-19-47-36(56)15-9-7-13-34-40-32(27-62-34)52-43(45)54-40)26-31(25-29)51-39(59)18-6-4-12-20-48-37(57)16-10-8-14-35-41-33(28-63-35)53-44(46)55-41/h1,24-26,32-35,40-41H,3-23,27-28H2,(H,47,56)(H,48,57)(H,49,60)(H,50,58)(H,51,59)(H3,45,52,54)(H3,46,53,55)/t32-,33-,34-,35-,40-,41-/m0/s1. The predicted octanol–water partition coefficient (Wildman–Crippen LogP) is 2.96. The summed E-state index contributed by atoms with van der Waals surface area (Å²) in [7, 11) is 0. The fourth-order valence-electron chi connectivity index (χ4n) is 8.14. The van der Waals surface area contributed by atoms with Crippen LogP contribution in [0.4, 0.5) is 11.4 Å². The van der Waals surface area contributed by atoms with Gasteiger partial charge in [-0.3, -0.25) is 24.0 Å². The molecular weight excluding hydrogens is 843 g/mol. The molecular formula is C44H67N11O6S2. The van der Waals surface area contributed by atoms with Gasteiger partial charge < -0.3 is 53.4 Å². The zero-order valence-electron chi connectivity index (χ0n) is 36.4. The van der Waals surface area contributed by atoms with Crippen LogP contribution in [0.5, 0.6) is 0 Å². The molecule has 1 aromatic carbocycles. The maximum Gasteiger partial charge on any atom is 0.251 e. The van der Waals surface area contributed by atoms with E-state index in [0.29, 0.717) is 84.7 Å². The van der Waals surface area contributed by atoms with Gasteiger partial charge >= 0.3 is 0 Å². The SMILES string of the molecule is C#CCOCCNC(=O)c1cc(NC(=O)CCCCCNC(=O)CCCC[C@@H]2SC[C@@H]3NC(N)=N[C@@H]32)cc(NC(=O)CCCCCNC(=O)CCCC[C@@H]2SC[C@@H]3NC(N)=N[C@@H]32)c1. The predicted molar refractivity (Wildman–Crippen MR) is 253 cm³/mol. The van der Waals surface area contributed by atoms with Gasteiger partial charge in [-0.15, -0.1) is 6.42 Å². The number of rotatable bonds is 29. The Hall–Kier alpha value is -4.67. The fraction of sp³-hybridized carbons (Fsp3) is 0.659. The Labute approximate surface area is 380 Å². The molecule has 0 saturated carbocycles. The number of amides is 5. The molecule has 6 atom stereocenters. The van der Waals surface area contributed by atoms with E-state index in [1.807, 2.05) is 23.5 Å². The topological polar surface area (TPSA) is 256 Å². The van der Waals surface area contributed by atoms with E-state index in [9.17, 15) is 24.0 Å². The summed E-state index contributed by atoms with van der Waals surface area (Å²) < 4.78 is 5.24. The Morgan fingerprint density at radius 2 is 1.13 bits per heavy atom. The van der Waals surface area contributed by atoms with E-state index in [-0.39, 0.29) is 73.9 Å². The highest BCUT2D eigenvalue weighted by atomic mass is 32.2. The van der Waals surface area contributed by atoms with Crippen LogP contribution < -0.4 is 48.7 Å². The highest BCUT2D eigenvalue weighted by molar-refractivity contribution is 8.00. The molecule has 0 unspecified atom stereocenters. The Morgan fingerprint density at radius 3 is 1.62 bits per heavy atom. The number of thioether (sulfide) groups is 2. The van der Waals surface area contributed by atoms with Crippen LogP contribution in [-0.4, -0.2) is 120 Å². The molecule has 5 rings (SSSR count). The molecule has 11 N–H and O–H groups in total. The molecule has 19 heteroatoms. The van der Waals surface area contributed by atoms with Gasteiger partial charge in [0.2, 0.25) is 23.6 Å². The molecule has 1 aromatic rings. The first-order valence-corrected chi connectivity index (χ1v) is 24.7. The van der Waals surface area contributed by atoms with Crippen molar-refractivity contribution >= 4 is 76.4 Å². The quantitative estimate of drug-likeness (QED) is 0.0416. The zero-order valence-corrected chi connectivity index (χ0v) is 38.0. The lowest BCUT2D eigenvalue weighted by molar-refractivity contribution is -0.122. The summed E-state index contributed by atoms with van der Waals surface area (Å²) in [6.07, 6.45) is 16.7. The van der Waals surface area contributed by atoms with E-state index in [0.717, 1.165) is 75.7 Å². The average Bonchev–Trinajstić information content (AvgIpc) is 4.02. The number of terminal acetylenes is 1. The van der Waals surface area contributed by atoms with Crippen LogP contribution in [-0.2, 0) is 23.9 Å². The number of aliphatic imine (C=N–C) groups is 2. The molecule has 4 aliphatic rings. The van der Waals surface area contributed by atoms with Crippen molar-refractivity contribution in [3.63, 3.8) is 0 Å². The molecule has 0 bridgehead atoms. The van der Waals surface area contributed by atoms with E-state index in [4.69, 9.17) is 22.6 Å². The number of ether oxygens (including phenoxy) is 1. The maximum atomic E-state index is 13.0. The highest BCUT2D eigenvalue weighted by Crippen LogP contribution is 2.36. The minimum absolute atomic E-state index is 0.0428. The van der Waals surface area contributed by atoms with Crippen molar-refractivity contribution < 1.29 is 28.7 Å². The minimum atomic E-state index is -0.393. The van der Waals surface area contributed by atoms with E-state index in [1.165, 1.54) is 0 Å². The number of guanidine groups is 2. The Bertz CT molecular complexity index is 1700. The van der Waals surface area contributed by atoms with E-state index < -0.39 is 5.91 Å². The number of carbonyl (C=O) groups excluding carboxylic acids is 5. The number of nitrogens with two attached hydrogens (primary N) is 2. The van der Waals surface area contributed by atoms with Crippen LogP contribution in [0.3, 0.4) is 0 Å². The van der Waals surface area contributed by atoms with Gasteiger partial charge in [-0.05, 0) is 69.6 Å². The zero-order chi connectivity index (χ0) is 44.8. The number of benzene rings is 1. The lowest BCUT2D eigenvalue weighted by atomic mass is 10.0. The molecule has 4 aliphatic heterocycles. The highest BCUT2D eigenvalue weighted by Gasteiger charge is 2.41. The molecule has 63 heavy (non-hydrogen) atoms. The molecule has 0 spiro atoms. The molecule has 2 saturated heterocycles. The van der Waals surface area contributed by atoms with Crippen molar-refractivity contribution in [3.8, 4) is 12.3 Å². The van der Waals surface area contributed by atoms with Crippen LogP contribution in [0.25, 0.3) is 0 Å². The average molecular weight is 910 g/mol. The second-order valence-corrected chi connectivity index (χ2v) is 19.0. The van der Waals surface area contributed by atoms with Gasteiger partial charge in [0, 0.05) is 84.3 Å². The van der Waals surface area contributed by atoms with Crippen LogP contribution >= 0.6 is 23.5 Å².